The summed E-state index contributed by atoms with van der Waals surface area (Å²) in [6.45, 7) is 1.67. The fourth-order valence-electron chi connectivity index (χ4n) is 2.64. The lowest BCUT2D eigenvalue weighted by atomic mass is 10.1. The topological polar surface area (TPSA) is 141 Å². The molecule has 1 heterocycles. The van der Waals surface area contributed by atoms with Crippen LogP contribution in [0.3, 0.4) is 0 Å². The van der Waals surface area contributed by atoms with Crippen molar-refractivity contribution >= 4 is 34.8 Å². The third-order valence-electron chi connectivity index (χ3n) is 4.13. The average Bonchev–Trinajstić information content (AvgIpc) is 3.18. The van der Waals surface area contributed by atoms with Crippen LogP contribution in [0.2, 0.25) is 0 Å². The maximum Gasteiger partial charge on any atom is 0.338 e. The third-order valence-corrected chi connectivity index (χ3v) is 5.33. The molecule has 2 N–H and O–H groups in total. The number of rotatable bonds is 5. The Morgan fingerprint density at radius 3 is 2.32 bits per heavy atom. The number of hydrogen-bond donors (Lipinski definition) is 2. The van der Waals surface area contributed by atoms with Crippen LogP contribution in [0.15, 0.2) is 48.5 Å². The molecule has 0 aliphatic carbocycles. The number of nitro benzene ring substituents is 1. The van der Waals surface area contributed by atoms with Crippen LogP contribution in [-0.2, 0) is 4.74 Å². The van der Waals surface area contributed by atoms with Crippen LogP contribution in [0.4, 0.5) is 5.69 Å². The van der Waals surface area contributed by atoms with Crippen molar-refractivity contribution in [1.29, 1.82) is 0 Å². The maximum atomic E-state index is 12.5. The highest BCUT2D eigenvalue weighted by Gasteiger charge is 2.20. The fraction of sp³-hybridized carbons (Fsp3) is 0.100. The predicted molar refractivity (Wildman–Crippen MR) is 112 cm³/mol. The summed E-state index contributed by atoms with van der Waals surface area (Å²) < 4.78 is 4.55. The van der Waals surface area contributed by atoms with Gasteiger partial charge in [0, 0.05) is 23.3 Å². The van der Waals surface area contributed by atoms with E-state index in [0.717, 1.165) is 42.2 Å². The van der Waals surface area contributed by atoms with Gasteiger partial charge < -0.3 is 4.74 Å². The number of esters is 1. The van der Waals surface area contributed by atoms with Gasteiger partial charge in [0.15, 0.2) is 0 Å². The van der Waals surface area contributed by atoms with E-state index >= 15 is 0 Å². The highest BCUT2D eigenvalue weighted by Crippen LogP contribution is 2.27. The number of nitrogens with one attached hydrogen (secondary N) is 2. The number of aryl methyl sites for hydroxylation is 1. The van der Waals surface area contributed by atoms with Crippen molar-refractivity contribution in [3.63, 3.8) is 0 Å². The summed E-state index contributed by atoms with van der Waals surface area (Å²) in [6, 6.07) is 12.4. The highest BCUT2D eigenvalue weighted by atomic mass is 32.1. The standard InChI is InChI=1S/C20H16N4O6S/c1-11-16(31-19(21-11)12-6-4-3-5-7-12)18(26)23-22-17(25)13-8-14(20(27)30-2)10-15(9-13)24(28)29/h3-10H,1-2H3,(H,22,25)(H,23,26). The Bertz CT molecular complexity index is 1180. The van der Waals surface area contributed by atoms with E-state index in [9.17, 15) is 24.5 Å². The smallest absolute Gasteiger partial charge is 0.338 e. The van der Waals surface area contributed by atoms with Crippen LogP contribution in [-0.4, -0.2) is 34.8 Å². The zero-order valence-corrected chi connectivity index (χ0v) is 17.2. The zero-order valence-electron chi connectivity index (χ0n) is 16.4. The Morgan fingerprint density at radius 1 is 1.03 bits per heavy atom. The van der Waals surface area contributed by atoms with Crippen molar-refractivity contribution < 1.29 is 24.0 Å². The Balaban J connectivity index is 1.76. The van der Waals surface area contributed by atoms with Crippen LogP contribution in [0.5, 0.6) is 0 Å². The summed E-state index contributed by atoms with van der Waals surface area (Å²) in [6.07, 6.45) is 0. The number of carbonyl (C=O) groups excluding carboxylic acids is 3. The van der Waals surface area contributed by atoms with Gasteiger partial charge in [-0.15, -0.1) is 11.3 Å². The number of non-ortho nitro benzene ring substituents is 1. The van der Waals surface area contributed by atoms with Crippen molar-refractivity contribution in [3.8, 4) is 10.6 Å². The van der Waals surface area contributed by atoms with E-state index in [0.29, 0.717) is 15.6 Å². The summed E-state index contributed by atoms with van der Waals surface area (Å²) >= 11 is 1.16. The van der Waals surface area contributed by atoms with E-state index in [-0.39, 0.29) is 11.1 Å². The van der Waals surface area contributed by atoms with Gasteiger partial charge in [-0.2, -0.15) is 0 Å². The van der Waals surface area contributed by atoms with Gasteiger partial charge in [0.2, 0.25) is 0 Å². The normalized spacial score (nSPS) is 10.3. The molecule has 10 nitrogen and oxygen atoms in total. The predicted octanol–water partition coefficient (Wildman–Crippen LogP) is 2.89. The minimum Gasteiger partial charge on any atom is -0.465 e. The SMILES string of the molecule is COC(=O)c1cc(C(=O)NNC(=O)c2sc(-c3ccccc3)nc2C)cc([N+](=O)[O-])c1. The molecule has 3 aromatic rings. The molecule has 0 bridgehead atoms. The molecule has 0 atom stereocenters. The quantitative estimate of drug-likeness (QED) is 0.353. The molecule has 0 saturated carbocycles. The summed E-state index contributed by atoms with van der Waals surface area (Å²) in [4.78, 5) is 51.7. The number of nitro groups is 1. The van der Waals surface area contributed by atoms with Crippen LogP contribution in [0, 0.1) is 17.0 Å². The molecule has 2 aromatic carbocycles. The molecule has 31 heavy (non-hydrogen) atoms. The highest BCUT2D eigenvalue weighted by molar-refractivity contribution is 7.17. The second-order valence-corrected chi connectivity index (χ2v) is 7.22. The first-order valence-electron chi connectivity index (χ1n) is 8.81. The zero-order chi connectivity index (χ0) is 22.5. The second kappa shape index (κ2) is 9.13. The molecular formula is C20H16N4O6S. The molecule has 0 aliphatic rings. The monoisotopic (exact) mass is 440 g/mol. The lowest BCUT2D eigenvalue weighted by Gasteiger charge is -2.08. The molecule has 3 rings (SSSR count). The summed E-state index contributed by atoms with van der Waals surface area (Å²) in [5, 5.41) is 11.7. The maximum absolute atomic E-state index is 12.5. The first-order chi connectivity index (χ1) is 14.8. The van der Waals surface area contributed by atoms with Crippen LogP contribution in [0.25, 0.3) is 10.6 Å². The first kappa shape index (κ1) is 21.6. The van der Waals surface area contributed by atoms with Crippen molar-refractivity contribution in [2.24, 2.45) is 0 Å². The van der Waals surface area contributed by atoms with E-state index in [4.69, 9.17) is 0 Å². The fourth-order valence-corrected chi connectivity index (χ4v) is 3.60. The molecule has 0 spiro atoms. The van der Waals surface area contributed by atoms with E-state index in [1.807, 2.05) is 30.3 Å². The summed E-state index contributed by atoms with van der Waals surface area (Å²) in [5.74, 6) is -2.27. The van der Waals surface area contributed by atoms with Crippen molar-refractivity contribution in [1.82, 2.24) is 15.8 Å². The lowest BCUT2D eigenvalue weighted by molar-refractivity contribution is -0.384. The third kappa shape index (κ3) is 4.90. The number of ether oxygens (including phenoxy) is 1. The number of carbonyl (C=O) groups is 3. The summed E-state index contributed by atoms with van der Waals surface area (Å²) in [5.41, 5.74) is 4.96. The average molecular weight is 440 g/mol. The van der Waals surface area contributed by atoms with Crippen molar-refractivity contribution in [3.05, 3.63) is 80.3 Å². The molecule has 0 unspecified atom stereocenters. The van der Waals surface area contributed by atoms with Crippen molar-refractivity contribution in [2.75, 3.05) is 7.11 Å². The van der Waals surface area contributed by atoms with Crippen LogP contribution < -0.4 is 10.9 Å². The van der Waals surface area contributed by atoms with Gasteiger partial charge in [0.05, 0.1) is 23.3 Å². The van der Waals surface area contributed by atoms with E-state index in [1.165, 1.54) is 0 Å². The lowest BCUT2D eigenvalue weighted by Crippen LogP contribution is -2.41. The number of nitrogens with zero attached hydrogens (tertiary/aromatic N) is 2. The molecule has 0 aliphatic heterocycles. The van der Waals surface area contributed by atoms with Gasteiger partial charge in [-0.1, -0.05) is 30.3 Å². The van der Waals surface area contributed by atoms with Crippen LogP contribution >= 0.6 is 11.3 Å². The second-order valence-electron chi connectivity index (χ2n) is 6.23. The van der Waals surface area contributed by atoms with E-state index in [1.54, 1.807) is 6.92 Å². The number of aromatic nitrogens is 1. The Morgan fingerprint density at radius 2 is 1.68 bits per heavy atom. The molecule has 0 saturated heterocycles. The number of thiazole rings is 1. The minimum atomic E-state index is -0.840. The Kier molecular flexibility index (Phi) is 6.36. The molecule has 0 fully saturated rings. The molecular weight excluding hydrogens is 424 g/mol. The van der Waals surface area contributed by atoms with Gasteiger partial charge in [-0.3, -0.25) is 30.6 Å². The van der Waals surface area contributed by atoms with Crippen molar-refractivity contribution in [2.45, 2.75) is 6.92 Å². The number of methoxy groups -OCH3 is 1. The first-order valence-corrected chi connectivity index (χ1v) is 9.63. The molecule has 2 amide bonds. The van der Waals surface area contributed by atoms with Gasteiger partial charge in [0.1, 0.15) is 9.88 Å². The largest absolute Gasteiger partial charge is 0.465 e. The van der Waals surface area contributed by atoms with Gasteiger partial charge >= 0.3 is 5.97 Å². The van der Waals surface area contributed by atoms with Gasteiger partial charge in [-0.25, -0.2) is 9.78 Å². The Labute approximate surface area is 180 Å². The number of benzene rings is 2. The molecule has 158 valence electrons. The molecule has 11 heteroatoms. The molecule has 1 aromatic heterocycles. The Hall–Kier alpha value is -4.12. The van der Waals surface area contributed by atoms with E-state index in [2.05, 4.69) is 20.6 Å². The van der Waals surface area contributed by atoms with Gasteiger partial charge in [-0.05, 0) is 13.0 Å². The number of hydrazine groups is 1. The van der Waals surface area contributed by atoms with Gasteiger partial charge in [0.25, 0.3) is 17.5 Å². The summed E-state index contributed by atoms with van der Waals surface area (Å²) in [7, 11) is 1.11. The minimum absolute atomic E-state index is 0.168. The van der Waals surface area contributed by atoms with Crippen LogP contribution in [0.1, 0.15) is 36.1 Å². The number of hydrogen-bond acceptors (Lipinski definition) is 8. The molecule has 0 radical (unpaired) electrons. The number of amides is 2. The van der Waals surface area contributed by atoms with E-state index < -0.39 is 28.4 Å².